The first-order valence-electron chi connectivity index (χ1n) is 4.50. The third kappa shape index (κ3) is 3.84. The van der Waals surface area contributed by atoms with Crippen LogP contribution in [0.4, 0.5) is 0 Å². The van der Waals surface area contributed by atoms with Crippen LogP contribution in [0.1, 0.15) is 13.3 Å². The Labute approximate surface area is 92.8 Å². The predicted octanol–water partition coefficient (Wildman–Crippen LogP) is -0.138. The van der Waals surface area contributed by atoms with Gasteiger partial charge in [0.1, 0.15) is 0 Å². The molecule has 6 heteroatoms. The molecule has 0 radical (unpaired) electrons. The van der Waals surface area contributed by atoms with Crippen molar-refractivity contribution in [1.29, 1.82) is 0 Å². The van der Waals surface area contributed by atoms with Crippen molar-refractivity contribution in [2.45, 2.75) is 25.4 Å². The minimum Gasteiger partial charge on any atom is -0.393 e. The topological polar surface area (TPSA) is 93.1 Å². The van der Waals surface area contributed by atoms with E-state index < -0.39 is 24.0 Å². The molecule has 1 atom stereocenters. The molecule has 0 aliphatic heterocycles. The van der Waals surface area contributed by atoms with Crippen molar-refractivity contribution in [3.63, 3.8) is 0 Å². The van der Waals surface area contributed by atoms with Crippen molar-refractivity contribution in [1.82, 2.24) is 0 Å². The van der Waals surface area contributed by atoms with Gasteiger partial charge >= 0.3 is 17.9 Å². The molecule has 0 bridgehead atoms. The number of hydrogen-bond donors (Lipinski definition) is 2. The lowest BCUT2D eigenvalue weighted by atomic mass is 10.2. The van der Waals surface area contributed by atoms with Crippen LogP contribution in [0.2, 0.25) is 0 Å². The summed E-state index contributed by atoms with van der Waals surface area (Å²) in [5.74, 6) is -4.80. The molecule has 90 valence electrons. The zero-order valence-electron chi connectivity index (χ0n) is 8.88. The molecule has 0 aromatic rings. The van der Waals surface area contributed by atoms with Crippen LogP contribution in [-0.4, -0.2) is 34.2 Å². The van der Waals surface area contributed by atoms with E-state index >= 15 is 0 Å². The molecule has 6 nitrogen and oxygen atoms in total. The van der Waals surface area contributed by atoms with E-state index in [1.807, 2.05) is 0 Å². The number of carbonyl (C=O) groups excluding carboxylic acids is 2. The molecular formula is C10H14O6. The summed E-state index contributed by atoms with van der Waals surface area (Å²) in [5, 5.41) is 19.0. The smallest absolute Gasteiger partial charge is 0.393 e. The van der Waals surface area contributed by atoms with E-state index in [9.17, 15) is 19.8 Å². The number of hydrogen-bond acceptors (Lipinski definition) is 6. The summed E-state index contributed by atoms with van der Waals surface area (Å²) in [6.07, 6.45) is -0.0458. The fourth-order valence-electron chi connectivity index (χ4n) is 0.786. The Morgan fingerprint density at radius 2 is 1.69 bits per heavy atom. The van der Waals surface area contributed by atoms with Gasteiger partial charge in [-0.25, -0.2) is 9.59 Å². The average Bonchev–Trinajstić information content (AvgIpc) is 2.27. The third-order valence-electron chi connectivity index (χ3n) is 1.63. The monoisotopic (exact) mass is 230 g/mol. The van der Waals surface area contributed by atoms with Crippen molar-refractivity contribution in [2.75, 3.05) is 0 Å². The van der Waals surface area contributed by atoms with Gasteiger partial charge in [0.2, 0.25) is 0 Å². The number of carbonyl (C=O) groups is 2. The zero-order chi connectivity index (χ0) is 12.8. The number of aliphatic hydroxyl groups excluding tert-OH is 1. The number of ether oxygens (including phenoxy) is 2. The van der Waals surface area contributed by atoms with Gasteiger partial charge in [-0.05, 0) is 6.42 Å². The molecule has 0 aromatic carbocycles. The highest BCUT2D eigenvalue weighted by atomic mass is 16.8. The summed E-state index contributed by atoms with van der Waals surface area (Å²) in [6, 6.07) is 0. The number of aliphatic hydroxyl groups is 2. The average molecular weight is 230 g/mol. The molecule has 0 rings (SSSR count). The second-order valence-electron chi connectivity index (χ2n) is 2.81. The van der Waals surface area contributed by atoms with Crippen LogP contribution in [0.15, 0.2) is 25.3 Å². The van der Waals surface area contributed by atoms with Gasteiger partial charge in [-0.1, -0.05) is 20.1 Å². The number of esters is 2. The fraction of sp³-hybridized carbons (Fsp3) is 0.400. The maximum absolute atomic E-state index is 10.9. The summed E-state index contributed by atoms with van der Waals surface area (Å²) >= 11 is 0. The molecule has 16 heavy (non-hydrogen) atoms. The molecule has 0 aliphatic rings. The summed E-state index contributed by atoms with van der Waals surface area (Å²) < 4.78 is 8.74. The van der Waals surface area contributed by atoms with E-state index in [4.69, 9.17) is 0 Å². The maximum atomic E-state index is 10.9. The van der Waals surface area contributed by atoms with E-state index in [0.29, 0.717) is 0 Å². The molecule has 2 N–H and O–H groups in total. The minimum absolute atomic E-state index is 0.00530. The lowest BCUT2D eigenvalue weighted by molar-refractivity contribution is -0.357. The molecule has 1 unspecified atom stereocenters. The van der Waals surface area contributed by atoms with Gasteiger partial charge < -0.3 is 19.7 Å². The largest absolute Gasteiger partial charge is 0.401 e. The molecule has 0 fully saturated rings. The standard InChI is InChI=1S/C10H14O6/c1-4-7(11)10(14,15-8(12)5-2)16-9(13)6-3/h5-7,11,14H,2-4H2,1H3. The molecule has 0 heterocycles. The minimum atomic E-state index is -2.73. The molecule has 0 amide bonds. The van der Waals surface area contributed by atoms with Crippen molar-refractivity contribution >= 4 is 11.9 Å². The van der Waals surface area contributed by atoms with E-state index in [-0.39, 0.29) is 6.42 Å². The van der Waals surface area contributed by atoms with Crippen molar-refractivity contribution in [3.05, 3.63) is 25.3 Å². The molecule has 0 saturated heterocycles. The van der Waals surface area contributed by atoms with Crippen LogP contribution in [0, 0.1) is 0 Å². The normalized spacial score (nSPS) is 12.4. The lowest BCUT2D eigenvalue weighted by Gasteiger charge is -2.29. The van der Waals surface area contributed by atoms with Gasteiger partial charge in [0.05, 0.1) is 0 Å². The van der Waals surface area contributed by atoms with E-state index in [2.05, 4.69) is 22.6 Å². The van der Waals surface area contributed by atoms with Gasteiger partial charge in [0.25, 0.3) is 0 Å². The van der Waals surface area contributed by atoms with E-state index in [0.717, 1.165) is 12.2 Å². The highest BCUT2D eigenvalue weighted by Gasteiger charge is 2.43. The Kier molecular flexibility index (Phi) is 5.41. The molecule has 0 aliphatic carbocycles. The predicted molar refractivity (Wildman–Crippen MR) is 53.8 cm³/mol. The van der Waals surface area contributed by atoms with Crippen LogP contribution < -0.4 is 0 Å². The first-order chi connectivity index (χ1) is 7.39. The Bertz CT molecular complexity index is 274. The lowest BCUT2D eigenvalue weighted by Crippen LogP contribution is -2.49. The Hall–Kier alpha value is -1.66. The van der Waals surface area contributed by atoms with E-state index in [1.165, 1.54) is 6.92 Å². The Morgan fingerprint density at radius 3 is 1.94 bits per heavy atom. The highest BCUT2D eigenvalue weighted by molar-refractivity contribution is 5.83. The summed E-state index contributed by atoms with van der Waals surface area (Å²) in [5.41, 5.74) is 0. The van der Waals surface area contributed by atoms with Crippen molar-refractivity contribution in [2.24, 2.45) is 0 Å². The second-order valence-corrected chi connectivity index (χ2v) is 2.81. The molecule has 0 saturated carbocycles. The van der Waals surface area contributed by atoms with Crippen LogP contribution >= 0.6 is 0 Å². The molecule has 0 spiro atoms. The highest BCUT2D eigenvalue weighted by Crippen LogP contribution is 2.18. The Morgan fingerprint density at radius 1 is 1.31 bits per heavy atom. The summed E-state index contributed by atoms with van der Waals surface area (Å²) in [4.78, 5) is 21.8. The molecule has 0 aromatic heterocycles. The molecular weight excluding hydrogens is 216 g/mol. The third-order valence-corrected chi connectivity index (χ3v) is 1.63. The van der Waals surface area contributed by atoms with Crippen LogP contribution in [0.3, 0.4) is 0 Å². The van der Waals surface area contributed by atoms with Crippen molar-refractivity contribution in [3.8, 4) is 0 Å². The van der Waals surface area contributed by atoms with Crippen LogP contribution in [0.25, 0.3) is 0 Å². The van der Waals surface area contributed by atoms with Gasteiger partial charge in [-0.15, -0.1) is 0 Å². The van der Waals surface area contributed by atoms with Crippen LogP contribution in [-0.2, 0) is 19.1 Å². The maximum Gasteiger partial charge on any atom is 0.401 e. The van der Waals surface area contributed by atoms with Gasteiger partial charge in [-0.2, -0.15) is 0 Å². The second kappa shape index (κ2) is 6.04. The van der Waals surface area contributed by atoms with Gasteiger partial charge in [-0.3, -0.25) is 0 Å². The first-order valence-corrected chi connectivity index (χ1v) is 4.50. The van der Waals surface area contributed by atoms with Crippen molar-refractivity contribution < 1.29 is 29.3 Å². The number of rotatable bonds is 6. The first kappa shape index (κ1) is 14.3. The van der Waals surface area contributed by atoms with E-state index in [1.54, 1.807) is 0 Å². The summed E-state index contributed by atoms with van der Waals surface area (Å²) in [6.45, 7) is 7.70. The van der Waals surface area contributed by atoms with Gasteiger partial charge in [0, 0.05) is 12.2 Å². The Balaban J connectivity index is 4.86. The fourth-order valence-corrected chi connectivity index (χ4v) is 0.786. The van der Waals surface area contributed by atoms with Crippen LogP contribution in [0.5, 0.6) is 0 Å². The summed E-state index contributed by atoms with van der Waals surface area (Å²) in [7, 11) is 0. The quantitative estimate of drug-likeness (QED) is 0.375. The van der Waals surface area contributed by atoms with Gasteiger partial charge in [0.15, 0.2) is 6.10 Å². The zero-order valence-corrected chi connectivity index (χ0v) is 8.88. The SMILES string of the molecule is C=CC(=O)OC(O)(OC(=O)C=C)C(O)CC.